The highest BCUT2D eigenvalue weighted by molar-refractivity contribution is 5.72. The molecule has 15 heavy (non-hydrogen) atoms. The number of carbonyl (C=O) groups is 2. The van der Waals surface area contributed by atoms with Gasteiger partial charge in [-0.25, -0.2) is 0 Å². The van der Waals surface area contributed by atoms with Crippen LogP contribution in [0, 0.1) is 5.92 Å². The molecule has 1 unspecified atom stereocenters. The van der Waals surface area contributed by atoms with Crippen LogP contribution in [0.3, 0.4) is 0 Å². The van der Waals surface area contributed by atoms with E-state index in [1.807, 2.05) is 6.92 Å². The third kappa shape index (κ3) is 6.10. The maximum absolute atomic E-state index is 11.3. The average molecular weight is 216 g/mol. The summed E-state index contributed by atoms with van der Waals surface area (Å²) in [6.07, 6.45) is 3.49. The molecule has 0 fully saturated rings. The number of hydrogen-bond acceptors (Lipinski definition) is 4. The molecule has 0 spiro atoms. The maximum Gasteiger partial charge on any atom is 0.308 e. The fraction of sp³-hybridized carbons (Fsp3) is 0.818. The fourth-order valence-electron chi connectivity index (χ4n) is 1.49. The van der Waals surface area contributed by atoms with Crippen LogP contribution in [0.5, 0.6) is 0 Å². The van der Waals surface area contributed by atoms with Crippen molar-refractivity contribution >= 4 is 11.9 Å². The highest BCUT2D eigenvalue weighted by Crippen LogP contribution is 2.16. The van der Waals surface area contributed by atoms with E-state index in [0.29, 0.717) is 19.3 Å². The molecule has 0 saturated heterocycles. The summed E-state index contributed by atoms with van der Waals surface area (Å²) in [7, 11) is 2.76. The van der Waals surface area contributed by atoms with E-state index in [0.717, 1.165) is 12.8 Å². The molecule has 0 heterocycles. The van der Waals surface area contributed by atoms with Crippen molar-refractivity contribution in [2.24, 2.45) is 5.92 Å². The van der Waals surface area contributed by atoms with E-state index in [9.17, 15) is 9.59 Å². The Kier molecular flexibility index (Phi) is 7.68. The summed E-state index contributed by atoms with van der Waals surface area (Å²) in [6, 6.07) is 0. The number of carbonyl (C=O) groups excluding carboxylic acids is 2. The SMILES string of the molecule is CCCC(CCCC(=O)OC)C(=O)OC. The molecule has 0 aliphatic rings. The zero-order valence-corrected chi connectivity index (χ0v) is 9.75. The minimum Gasteiger partial charge on any atom is -0.469 e. The standard InChI is InChI=1S/C11H20O4/c1-4-6-9(11(13)15-3)7-5-8-10(12)14-2/h9H,4-8H2,1-3H3. The van der Waals surface area contributed by atoms with Crippen molar-refractivity contribution in [1.29, 1.82) is 0 Å². The van der Waals surface area contributed by atoms with Gasteiger partial charge in [0.2, 0.25) is 0 Å². The van der Waals surface area contributed by atoms with Gasteiger partial charge in [0.15, 0.2) is 0 Å². The molecule has 4 nitrogen and oxygen atoms in total. The minimum absolute atomic E-state index is 0.0790. The summed E-state index contributed by atoms with van der Waals surface area (Å²) in [5.41, 5.74) is 0. The predicted octanol–water partition coefficient (Wildman–Crippen LogP) is 1.92. The normalized spacial score (nSPS) is 11.9. The Hall–Kier alpha value is -1.06. The van der Waals surface area contributed by atoms with Crippen LogP contribution in [0.25, 0.3) is 0 Å². The third-order valence-corrected chi connectivity index (χ3v) is 2.33. The number of ether oxygens (including phenoxy) is 2. The van der Waals surface area contributed by atoms with Gasteiger partial charge in [0, 0.05) is 6.42 Å². The topological polar surface area (TPSA) is 52.6 Å². The second kappa shape index (κ2) is 8.26. The van der Waals surface area contributed by atoms with Crippen LogP contribution in [-0.4, -0.2) is 26.2 Å². The highest BCUT2D eigenvalue weighted by atomic mass is 16.5. The van der Waals surface area contributed by atoms with Crippen molar-refractivity contribution in [3.8, 4) is 0 Å². The summed E-state index contributed by atoms with van der Waals surface area (Å²) < 4.78 is 9.22. The smallest absolute Gasteiger partial charge is 0.308 e. The molecule has 0 radical (unpaired) electrons. The van der Waals surface area contributed by atoms with Crippen molar-refractivity contribution in [2.75, 3.05) is 14.2 Å². The van der Waals surface area contributed by atoms with Crippen LogP contribution >= 0.6 is 0 Å². The van der Waals surface area contributed by atoms with E-state index in [-0.39, 0.29) is 17.9 Å². The Morgan fingerprint density at radius 1 is 1.13 bits per heavy atom. The molecule has 0 amide bonds. The van der Waals surface area contributed by atoms with Gasteiger partial charge in [-0.2, -0.15) is 0 Å². The summed E-state index contributed by atoms with van der Waals surface area (Å²) in [5, 5.41) is 0. The molecule has 0 aromatic heterocycles. The first-order valence-corrected chi connectivity index (χ1v) is 5.30. The first kappa shape index (κ1) is 13.9. The third-order valence-electron chi connectivity index (χ3n) is 2.33. The van der Waals surface area contributed by atoms with E-state index in [1.54, 1.807) is 0 Å². The lowest BCUT2D eigenvalue weighted by atomic mass is 9.97. The lowest BCUT2D eigenvalue weighted by molar-refractivity contribution is -0.147. The van der Waals surface area contributed by atoms with E-state index in [1.165, 1.54) is 14.2 Å². The second-order valence-electron chi connectivity index (χ2n) is 3.48. The van der Waals surface area contributed by atoms with E-state index in [4.69, 9.17) is 4.74 Å². The lowest BCUT2D eigenvalue weighted by Gasteiger charge is -2.12. The van der Waals surface area contributed by atoms with Crippen LogP contribution in [0.15, 0.2) is 0 Å². The van der Waals surface area contributed by atoms with Gasteiger partial charge in [0.25, 0.3) is 0 Å². The molecule has 4 heteroatoms. The fourth-order valence-corrected chi connectivity index (χ4v) is 1.49. The van der Waals surface area contributed by atoms with Crippen molar-refractivity contribution in [3.05, 3.63) is 0 Å². The van der Waals surface area contributed by atoms with Gasteiger partial charge in [-0.3, -0.25) is 9.59 Å². The van der Waals surface area contributed by atoms with E-state index in [2.05, 4.69) is 4.74 Å². The number of rotatable bonds is 7. The Labute approximate surface area is 90.9 Å². The first-order valence-electron chi connectivity index (χ1n) is 5.30. The molecule has 0 rings (SSSR count). The molecule has 0 aliphatic carbocycles. The molecule has 0 aliphatic heterocycles. The van der Waals surface area contributed by atoms with Crippen LogP contribution in [0.1, 0.15) is 39.0 Å². The molecule has 0 saturated carbocycles. The Morgan fingerprint density at radius 2 is 1.80 bits per heavy atom. The van der Waals surface area contributed by atoms with Gasteiger partial charge in [-0.15, -0.1) is 0 Å². The first-order chi connectivity index (χ1) is 7.15. The molecule has 0 N–H and O–H groups in total. The summed E-state index contributed by atoms with van der Waals surface area (Å²) in [4.78, 5) is 22.2. The summed E-state index contributed by atoms with van der Waals surface area (Å²) >= 11 is 0. The lowest BCUT2D eigenvalue weighted by Crippen LogP contribution is -2.16. The van der Waals surface area contributed by atoms with Gasteiger partial charge >= 0.3 is 11.9 Å². The van der Waals surface area contributed by atoms with Gasteiger partial charge in [-0.1, -0.05) is 13.3 Å². The Bertz CT molecular complexity index is 201. The molecular formula is C11H20O4. The molecular weight excluding hydrogens is 196 g/mol. The molecule has 0 aromatic carbocycles. The molecule has 88 valence electrons. The van der Waals surface area contributed by atoms with Crippen molar-refractivity contribution in [2.45, 2.75) is 39.0 Å². The molecule has 1 atom stereocenters. The monoisotopic (exact) mass is 216 g/mol. The van der Waals surface area contributed by atoms with Gasteiger partial charge in [-0.05, 0) is 19.3 Å². The van der Waals surface area contributed by atoms with Crippen LogP contribution in [-0.2, 0) is 19.1 Å². The Balaban J connectivity index is 3.85. The summed E-state index contributed by atoms with van der Waals surface area (Å²) in [5.74, 6) is -0.485. The molecule has 0 aromatic rings. The van der Waals surface area contributed by atoms with Gasteiger partial charge in [0.1, 0.15) is 0 Å². The number of methoxy groups -OCH3 is 2. The maximum atomic E-state index is 11.3. The van der Waals surface area contributed by atoms with E-state index < -0.39 is 0 Å². The second-order valence-corrected chi connectivity index (χ2v) is 3.48. The van der Waals surface area contributed by atoms with Crippen molar-refractivity contribution in [1.82, 2.24) is 0 Å². The minimum atomic E-state index is -0.227. The molecule has 0 bridgehead atoms. The summed E-state index contributed by atoms with van der Waals surface area (Å²) in [6.45, 7) is 2.02. The zero-order chi connectivity index (χ0) is 11.7. The quantitative estimate of drug-likeness (QED) is 0.610. The average Bonchev–Trinajstić information content (AvgIpc) is 2.26. The Morgan fingerprint density at radius 3 is 2.27 bits per heavy atom. The number of esters is 2. The van der Waals surface area contributed by atoms with Crippen LogP contribution in [0.2, 0.25) is 0 Å². The van der Waals surface area contributed by atoms with Crippen LogP contribution in [0.4, 0.5) is 0 Å². The van der Waals surface area contributed by atoms with Crippen molar-refractivity contribution < 1.29 is 19.1 Å². The van der Waals surface area contributed by atoms with Gasteiger partial charge < -0.3 is 9.47 Å². The van der Waals surface area contributed by atoms with Crippen LogP contribution < -0.4 is 0 Å². The van der Waals surface area contributed by atoms with Gasteiger partial charge in [0.05, 0.1) is 20.1 Å². The highest BCUT2D eigenvalue weighted by Gasteiger charge is 2.18. The predicted molar refractivity (Wildman–Crippen MR) is 56.3 cm³/mol. The largest absolute Gasteiger partial charge is 0.469 e. The zero-order valence-electron chi connectivity index (χ0n) is 9.75. The number of hydrogen-bond donors (Lipinski definition) is 0. The van der Waals surface area contributed by atoms with E-state index >= 15 is 0 Å². The van der Waals surface area contributed by atoms with Crippen molar-refractivity contribution in [3.63, 3.8) is 0 Å².